The lowest BCUT2D eigenvalue weighted by molar-refractivity contribution is 0.0958. The molecule has 0 aliphatic rings. The van der Waals surface area contributed by atoms with Gasteiger partial charge in [-0.2, -0.15) is 0 Å². The summed E-state index contributed by atoms with van der Waals surface area (Å²) in [6, 6.07) is 15.6. The van der Waals surface area contributed by atoms with E-state index < -0.39 is 6.03 Å². The number of anilines is 2. The van der Waals surface area contributed by atoms with Gasteiger partial charge in [0.15, 0.2) is 10.9 Å². The number of urea groups is 1. The van der Waals surface area contributed by atoms with Crippen LogP contribution in [0.15, 0.2) is 65.3 Å². The highest BCUT2D eigenvalue weighted by Gasteiger charge is 2.13. The minimum atomic E-state index is -0.395. The SMILES string of the molecule is CNC(=O)c1cc(Oc2cccc3sc(NC(=O)Nc4ccc(Br)cc4)nc23)ccn1. The van der Waals surface area contributed by atoms with E-state index in [1.54, 1.807) is 30.3 Å². The second-order valence-corrected chi connectivity index (χ2v) is 8.21. The minimum absolute atomic E-state index is 0.248. The lowest BCUT2D eigenvalue weighted by atomic mass is 10.3. The van der Waals surface area contributed by atoms with E-state index in [0.29, 0.717) is 27.8 Å². The molecule has 8 nitrogen and oxygen atoms in total. The van der Waals surface area contributed by atoms with Crippen LogP contribution in [0.4, 0.5) is 15.6 Å². The molecule has 0 saturated heterocycles. The lowest BCUT2D eigenvalue weighted by Crippen LogP contribution is -2.19. The van der Waals surface area contributed by atoms with Crippen LogP contribution in [0.2, 0.25) is 0 Å². The predicted octanol–water partition coefficient (Wildman–Crippen LogP) is 5.25. The molecule has 2 aromatic heterocycles. The summed E-state index contributed by atoms with van der Waals surface area (Å²) in [4.78, 5) is 32.6. The van der Waals surface area contributed by atoms with E-state index in [9.17, 15) is 9.59 Å². The summed E-state index contributed by atoms with van der Waals surface area (Å²) in [6.45, 7) is 0. The molecule has 2 heterocycles. The van der Waals surface area contributed by atoms with Gasteiger partial charge in [0.2, 0.25) is 0 Å². The molecule has 0 atom stereocenters. The first-order valence-corrected chi connectivity index (χ1v) is 10.7. The van der Waals surface area contributed by atoms with Crippen LogP contribution in [0.3, 0.4) is 0 Å². The Hall–Kier alpha value is -3.50. The van der Waals surface area contributed by atoms with Gasteiger partial charge in [0.05, 0.1) is 4.70 Å². The van der Waals surface area contributed by atoms with Gasteiger partial charge in [0.25, 0.3) is 5.91 Å². The quantitative estimate of drug-likeness (QED) is 0.349. The number of hydrogen-bond donors (Lipinski definition) is 3. The summed E-state index contributed by atoms with van der Waals surface area (Å²) in [5, 5.41) is 8.46. The number of pyridine rings is 1. The Labute approximate surface area is 189 Å². The van der Waals surface area contributed by atoms with Crippen molar-refractivity contribution in [2.75, 3.05) is 17.7 Å². The van der Waals surface area contributed by atoms with Gasteiger partial charge in [-0.15, -0.1) is 0 Å². The number of para-hydroxylation sites is 1. The van der Waals surface area contributed by atoms with Crippen LogP contribution in [-0.4, -0.2) is 29.0 Å². The van der Waals surface area contributed by atoms with Gasteiger partial charge in [0.1, 0.15) is 17.0 Å². The Morgan fingerprint density at radius 1 is 1.06 bits per heavy atom. The summed E-state index contributed by atoms with van der Waals surface area (Å²) in [5.74, 6) is 0.654. The molecule has 0 spiro atoms. The molecule has 2 aromatic carbocycles. The number of halogens is 1. The second kappa shape index (κ2) is 9.11. The second-order valence-electron chi connectivity index (χ2n) is 6.27. The van der Waals surface area contributed by atoms with E-state index >= 15 is 0 Å². The maximum atomic E-state index is 12.3. The van der Waals surface area contributed by atoms with E-state index in [-0.39, 0.29) is 11.6 Å². The van der Waals surface area contributed by atoms with Gasteiger partial charge < -0.3 is 15.4 Å². The lowest BCUT2D eigenvalue weighted by Gasteiger charge is -2.07. The van der Waals surface area contributed by atoms with Crippen molar-refractivity contribution < 1.29 is 14.3 Å². The zero-order chi connectivity index (χ0) is 21.8. The molecule has 3 N–H and O–H groups in total. The number of amides is 3. The summed E-state index contributed by atoms with van der Waals surface area (Å²) in [7, 11) is 1.54. The Balaban J connectivity index is 1.52. The zero-order valence-electron chi connectivity index (χ0n) is 16.2. The average molecular weight is 498 g/mol. The number of aromatic nitrogens is 2. The minimum Gasteiger partial charge on any atom is -0.455 e. The summed E-state index contributed by atoms with van der Waals surface area (Å²) >= 11 is 4.69. The number of thiazole rings is 1. The summed E-state index contributed by atoms with van der Waals surface area (Å²) in [6.07, 6.45) is 1.50. The van der Waals surface area contributed by atoms with Crippen LogP contribution in [0, 0.1) is 0 Å². The van der Waals surface area contributed by atoms with Crippen molar-refractivity contribution in [1.29, 1.82) is 0 Å². The molecule has 0 aliphatic heterocycles. The number of fused-ring (bicyclic) bond motifs is 1. The van der Waals surface area contributed by atoms with Gasteiger partial charge >= 0.3 is 6.03 Å². The number of carbonyl (C=O) groups is 2. The Bertz CT molecular complexity index is 1260. The normalized spacial score (nSPS) is 10.5. The van der Waals surface area contributed by atoms with Crippen molar-refractivity contribution in [3.05, 3.63) is 71.0 Å². The van der Waals surface area contributed by atoms with E-state index in [4.69, 9.17) is 4.74 Å². The van der Waals surface area contributed by atoms with Crippen LogP contribution >= 0.6 is 27.3 Å². The Kier molecular flexibility index (Phi) is 6.10. The van der Waals surface area contributed by atoms with Crippen LogP contribution in [0.1, 0.15) is 10.5 Å². The van der Waals surface area contributed by atoms with Gasteiger partial charge in [-0.3, -0.25) is 15.1 Å². The highest BCUT2D eigenvalue weighted by atomic mass is 79.9. The molecule has 156 valence electrons. The van der Waals surface area contributed by atoms with Crippen LogP contribution in [0.5, 0.6) is 11.5 Å². The van der Waals surface area contributed by atoms with E-state index in [1.165, 1.54) is 24.6 Å². The number of ether oxygens (including phenoxy) is 1. The van der Waals surface area contributed by atoms with E-state index in [2.05, 4.69) is 41.8 Å². The molecule has 0 saturated carbocycles. The van der Waals surface area contributed by atoms with Crippen molar-refractivity contribution in [3.63, 3.8) is 0 Å². The van der Waals surface area contributed by atoms with Crippen LogP contribution in [0.25, 0.3) is 10.2 Å². The third kappa shape index (κ3) is 4.98. The number of nitrogens with zero attached hydrogens (tertiary/aromatic N) is 2. The number of nitrogens with one attached hydrogen (secondary N) is 3. The Morgan fingerprint density at radius 3 is 2.65 bits per heavy atom. The van der Waals surface area contributed by atoms with Gasteiger partial charge in [0, 0.05) is 29.5 Å². The topological polar surface area (TPSA) is 105 Å². The van der Waals surface area contributed by atoms with Crippen LogP contribution < -0.4 is 20.7 Å². The maximum Gasteiger partial charge on any atom is 0.325 e. The first-order chi connectivity index (χ1) is 15.0. The first-order valence-electron chi connectivity index (χ1n) is 9.11. The molecule has 0 unspecified atom stereocenters. The monoisotopic (exact) mass is 497 g/mol. The summed E-state index contributed by atoms with van der Waals surface area (Å²) in [5.41, 5.74) is 1.51. The largest absolute Gasteiger partial charge is 0.455 e. The molecule has 4 rings (SSSR count). The smallest absolute Gasteiger partial charge is 0.325 e. The molecule has 0 bridgehead atoms. The van der Waals surface area contributed by atoms with E-state index in [0.717, 1.165) is 9.17 Å². The number of benzene rings is 2. The van der Waals surface area contributed by atoms with Crippen molar-refractivity contribution in [2.24, 2.45) is 0 Å². The number of rotatable bonds is 5. The molecule has 4 aromatic rings. The third-order valence-corrected chi connectivity index (χ3v) is 5.59. The summed E-state index contributed by atoms with van der Waals surface area (Å²) < 4.78 is 7.71. The predicted molar refractivity (Wildman–Crippen MR) is 124 cm³/mol. The van der Waals surface area contributed by atoms with Crippen molar-refractivity contribution in [1.82, 2.24) is 15.3 Å². The fourth-order valence-electron chi connectivity index (χ4n) is 2.71. The Morgan fingerprint density at radius 2 is 1.87 bits per heavy atom. The maximum absolute atomic E-state index is 12.3. The highest BCUT2D eigenvalue weighted by Crippen LogP contribution is 2.34. The van der Waals surface area contributed by atoms with Crippen molar-refractivity contribution >= 4 is 60.2 Å². The number of carbonyl (C=O) groups excluding carboxylic acids is 2. The highest BCUT2D eigenvalue weighted by molar-refractivity contribution is 9.10. The van der Waals surface area contributed by atoms with Crippen LogP contribution in [-0.2, 0) is 0 Å². The molecule has 0 fully saturated rings. The first kappa shape index (κ1) is 20.8. The molecule has 0 aliphatic carbocycles. The standard InChI is InChI=1S/C21H16BrN5O3S/c1-23-19(28)15-11-14(9-10-24-15)30-16-3-2-4-17-18(16)26-21(31-17)27-20(29)25-13-7-5-12(22)6-8-13/h2-11H,1H3,(H,23,28)(H2,25,26,27,29). The van der Waals surface area contributed by atoms with Gasteiger partial charge in [-0.05, 0) is 42.5 Å². The molecule has 31 heavy (non-hydrogen) atoms. The fraction of sp³-hybridized carbons (Fsp3) is 0.0476. The molecule has 3 amide bonds. The molecule has 0 radical (unpaired) electrons. The van der Waals surface area contributed by atoms with Gasteiger partial charge in [-0.1, -0.05) is 33.3 Å². The zero-order valence-corrected chi connectivity index (χ0v) is 18.6. The fourth-order valence-corrected chi connectivity index (χ4v) is 3.85. The average Bonchev–Trinajstić information content (AvgIpc) is 3.18. The molecular weight excluding hydrogens is 482 g/mol. The van der Waals surface area contributed by atoms with E-state index in [1.807, 2.05) is 24.3 Å². The number of hydrogen-bond acceptors (Lipinski definition) is 6. The van der Waals surface area contributed by atoms with Crippen molar-refractivity contribution in [3.8, 4) is 11.5 Å². The van der Waals surface area contributed by atoms with Crippen molar-refractivity contribution in [2.45, 2.75) is 0 Å². The third-order valence-electron chi connectivity index (χ3n) is 4.12. The molecule has 10 heteroatoms. The van der Waals surface area contributed by atoms with Gasteiger partial charge in [-0.25, -0.2) is 9.78 Å². The molecular formula is C21H16BrN5O3S.